The van der Waals surface area contributed by atoms with Crippen molar-refractivity contribution in [2.75, 3.05) is 26.4 Å². The van der Waals surface area contributed by atoms with Gasteiger partial charge in [-0.3, -0.25) is 18.6 Å². The zero-order valence-corrected chi connectivity index (χ0v) is 65.5. The fourth-order valence-corrected chi connectivity index (χ4v) is 13.9. The number of hydrogen-bond acceptors (Lipinski definition) is 8. The third-order valence-corrected chi connectivity index (χ3v) is 20.4. The second-order valence-corrected chi connectivity index (χ2v) is 30.5. The van der Waals surface area contributed by atoms with E-state index in [1.165, 1.54) is 360 Å². The highest BCUT2D eigenvalue weighted by Crippen LogP contribution is 2.43. The monoisotopic (exact) mass is 1380 g/mol. The molecule has 0 aliphatic carbocycles. The van der Waals surface area contributed by atoms with Gasteiger partial charge in [0.05, 0.1) is 13.2 Å². The molecule has 570 valence electrons. The predicted molar refractivity (Wildman–Crippen MR) is 423 cm³/mol. The van der Waals surface area contributed by atoms with Crippen molar-refractivity contribution < 1.29 is 37.6 Å². The number of carbonyl (C=O) groups excluding carboxylic acids is 2. The quantitative estimate of drug-likeness (QED) is 0.0264. The molecule has 0 amide bonds. The first-order valence-corrected chi connectivity index (χ1v) is 44.3. The van der Waals surface area contributed by atoms with Gasteiger partial charge in [0.15, 0.2) is 6.10 Å². The maximum absolute atomic E-state index is 12.8. The molecule has 0 saturated heterocycles. The predicted octanol–water partition coefficient (Wildman–Crippen LogP) is 28.9. The van der Waals surface area contributed by atoms with Crippen LogP contribution in [0.2, 0.25) is 0 Å². The van der Waals surface area contributed by atoms with Crippen molar-refractivity contribution in [3.63, 3.8) is 0 Å². The van der Waals surface area contributed by atoms with Crippen LogP contribution in [0.1, 0.15) is 450 Å². The van der Waals surface area contributed by atoms with Crippen molar-refractivity contribution >= 4 is 19.8 Å². The van der Waals surface area contributed by atoms with E-state index in [4.69, 9.17) is 24.3 Å². The van der Waals surface area contributed by atoms with Gasteiger partial charge in [-0.25, -0.2) is 4.57 Å². The number of ether oxygens (including phenoxy) is 2. The summed E-state index contributed by atoms with van der Waals surface area (Å²) < 4.78 is 33.3. The first kappa shape index (κ1) is 94.7. The molecule has 0 aromatic carbocycles. The number of nitrogens with two attached hydrogens (primary N) is 1. The number of esters is 2. The Bertz CT molecular complexity index is 1780. The highest BCUT2D eigenvalue weighted by molar-refractivity contribution is 7.47. The Morgan fingerprint density at radius 3 is 0.856 bits per heavy atom. The maximum Gasteiger partial charge on any atom is 0.472 e. The van der Waals surface area contributed by atoms with Gasteiger partial charge in [-0.2, -0.15) is 0 Å². The van der Waals surface area contributed by atoms with E-state index >= 15 is 0 Å². The van der Waals surface area contributed by atoms with Crippen LogP contribution in [0.3, 0.4) is 0 Å². The maximum atomic E-state index is 12.8. The molecule has 0 spiro atoms. The zero-order chi connectivity index (χ0) is 70.0. The fourth-order valence-electron chi connectivity index (χ4n) is 13.1. The summed E-state index contributed by atoms with van der Waals surface area (Å²) >= 11 is 0. The number of carbonyl (C=O) groups is 2. The van der Waals surface area contributed by atoms with Gasteiger partial charge in [-0.05, 0) is 77.0 Å². The minimum absolute atomic E-state index is 0.0560. The van der Waals surface area contributed by atoms with Crippen LogP contribution in [0.5, 0.6) is 0 Å². The highest BCUT2D eigenvalue weighted by atomic mass is 31.2. The van der Waals surface area contributed by atoms with Crippen LogP contribution in [0.4, 0.5) is 0 Å². The molecule has 0 rings (SSSR count). The number of unbranched alkanes of at least 4 members (excludes halogenated alkanes) is 59. The molecule has 0 aromatic rings. The lowest BCUT2D eigenvalue weighted by atomic mass is 10.0. The Morgan fingerprint density at radius 1 is 0.320 bits per heavy atom. The van der Waals surface area contributed by atoms with Gasteiger partial charge < -0.3 is 20.1 Å². The van der Waals surface area contributed by atoms with E-state index < -0.39 is 26.5 Å². The molecular formula is C87H164NO8P. The summed E-state index contributed by atoms with van der Waals surface area (Å²) in [4.78, 5) is 35.5. The molecule has 2 unspecified atom stereocenters. The minimum atomic E-state index is -4.40. The van der Waals surface area contributed by atoms with Crippen LogP contribution in [-0.2, 0) is 32.7 Å². The summed E-state index contributed by atoms with van der Waals surface area (Å²) in [6.07, 6.45) is 110. The Hall–Kier alpha value is -2.29. The van der Waals surface area contributed by atoms with E-state index in [2.05, 4.69) is 74.6 Å². The average Bonchev–Trinajstić information content (AvgIpc) is 2.17. The normalized spacial score (nSPS) is 13.1. The summed E-state index contributed by atoms with van der Waals surface area (Å²) in [6, 6.07) is 0. The molecule has 2 atom stereocenters. The zero-order valence-electron chi connectivity index (χ0n) is 64.6. The average molecular weight is 1380 g/mol. The second-order valence-electron chi connectivity index (χ2n) is 29.0. The molecule has 9 nitrogen and oxygen atoms in total. The number of hydrogen-bond donors (Lipinski definition) is 2. The van der Waals surface area contributed by atoms with E-state index in [0.29, 0.717) is 6.42 Å². The third-order valence-electron chi connectivity index (χ3n) is 19.4. The van der Waals surface area contributed by atoms with Crippen LogP contribution in [0, 0.1) is 0 Å². The SMILES string of the molecule is CC/C=C\C/C=C\C/C=C\C/C=C\CCCCCCCCCCCCCCCCCCCCCCCCCCC(=O)OC(COC(=O)CCCCCCCCCCCCCCCCCCCCCCCCCCCCC/C=C\CCCCCCCCCC)COP(=O)(O)OCCN. The van der Waals surface area contributed by atoms with Crippen LogP contribution < -0.4 is 5.73 Å². The molecule has 3 N–H and O–H groups in total. The van der Waals surface area contributed by atoms with Crippen molar-refractivity contribution in [2.24, 2.45) is 5.73 Å². The van der Waals surface area contributed by atoms with Crippen LogP contribution in [0.15, 0.2) is 60.8 Å². The van der Waals surface area contributed by atoms with Crippen molar-refractivity contribution in [3.8, 4) is 0 Å². The highest BCUT2D eigenvalue weighted by Gasteiger charge is 2.26. The molecule has 0 fully saturated rings. The van der Waals surface area contributed by atoms with Gasteiger partial charge >= 0.3 is 19.8 Å². The first-order chi connectivity index (χ1) is 47.8. The molecule has 0 radical (unpaired) electrons. The molecule has 0 heterocycles. The lowest BCUT2D eigenvalue weighted by Crippen LogP contribution is -2.29. The molecule has 0 aromatic heterocycles. The van der Waals surface area contributed by atoms with Crippen molar-refractivity contribution in [1.29, 1.82) is 0 Å². The van der Waals surface area contributed by atoms with Gasteiger partial charge in [0.1, 0.15) is 6.61 Å². The van der Waals surface area contributed by atoms with E-state index in [1.807, 2.05) is 0 Å². The van der Waals surface area contributed by atoms with Gasteiger partial charge in [0.2, 0.25) is 0 Å². The van der Waals surface area contributed by atoms with E-state index in [-0.39, 0.29) is 38.6 Å². The summed E-state index contributed by atoms with van der Waals surface area (Å²) in [5, 5.41) is 0. The molecule has 0 saturated carbocycles. The molecular weight excluding hydrogens is 1220 g/mol. The molecule has 0 aliphatic heterocycles. The van der Waals surface area contributed by atoms with E-state index in [1.54, 1.807) is 0 Å². The Balaban J connectivity index is 3.71. The van der Waals surface area contributed by atoms with Crippen molar-refractivity contribution in [3.05, 3.63) is 60.8 Å². The summed E-state index contributed by atoms with van der Waals surface area (Å²) in [6.45, 7) is 3.72. The largest absolute Gasteiger partial charge is 0.472 e. The smallest absolute Gasteiger partial charge is 0.462 e. The second kappa shape index (κ2) is 82.7. The van der Waals surface area contributed by atoms with Crippen LogP contribution in [0.25, 0.3) is 0 Å². The van der Waals surface area contributed by atoms with Crippen LogP contribution >= 0.6 is 7.82 Å². The Morgan fingerprint density at radius 2 is 0.567 bits per heavy atom. The first-order valence-electron chi connectivity index (χ1n) is 42.8. The van der Waals surface area contributed by atoms with Crippen LogP contribution in [-0.4, -0.2) is 49.3 Å². The Labute approximate surface area is 603 Å². The van der Waals surface area contributed by atoms with Crippen molar-refractivity contribution in [1.82, 2.24) is 0 Å². The van der Waals surface area contributed by atoms with Gasteiger partial charge in [0, 0.05) is 19.4 Å². The fraction of sp³-hybridized carbons (Fsp3) is 0.862. The minimum Gasteiger partial charge on any atom is -0.462 e. The number of rotatable bonds is 82. The summed E-state index contributed by atoms with van der Waals surface area (Å²) in [5.74, 6) is -0.800. The van der Waals surface area contributed by atoms with Gasteiger partial charge in [-0.1, -0.05) is 421 Å². The summed E-state index contributed by atoms with van der Waals surface area (Å²) in [7, 11) is -4.40. The van der Waals surface area contributed by atoms with E-state index in [9.17, 15) is 19.0 Å². The lowest BCUT2D eigenvalue weighted by molar-refractivity contribution is -0.161. The standard InChI is InChI=1S/C87H164NO8P/c1-3-5-7-9-11-13-15-17-19-21-23-25-27-29-31-33-35-37-39-41-42-44-45-47-49-51-53-55-57-59-61-63-65-67-69-71-73-75-77-79-86(89)93-83-85(84-95-97(91,92)94-82-81-88)96-87(90)80-78-76-74-72-70-68-66-64-62-60-58-56-54-52-50-48-46-43-40-38-36-34-32-30-28-26-24-22-20-18-16-14-12-10-8-6-4-2/h6,8,12,14,18,20-21,23-24,26,85H,3-5,7,9-11,13,15-17,19,22,25,27-84,88H2,1-2H3,(H,91,92)/b8-6-,14-12-,20-18-,23-21-,26-24-. The molecule has 0 aliphatic rings. The third kappa shape index (κ3) is 82.6. The van der Waals surface area contributed by atoms with Gasteiger partial charge in [-0.15, -0.1) is 0 Å². The Kier molecular flexibility index (Phi) is 80.7. The summed E-state index contributed by atoms with van der Waals surface area (Å²) in [5.41, 5.74) is 5.42. The number of phosphoric ester groups is 1. The number of phosphoric acid groups is 1. The topological polar surface area (TPSA) is 134 Å². The van der Waals surface area contributed by atoms with Gasteiger partial charge in [0.25, 0.3) is 0 Å². The molecule has 97 heavy (non-hydrogen) atoms. The number of allylic oxidation sites excluding steroid dienone is 10. The molecule has 0 bridgehead atoms. The van der Waals surface area contributed by atoms with Crippen molar-refractivity contribution in [2.45, 2.75) is 457 Å². The molecule has 10 heteroatoms. The van der Waals surface area contributed by atoms with E-state index in [0.717, 1.165) is 57.8 Å². The lowest BCUT2D eigenvalue weighted by Gasteiger charge is -2.19.